The molecular formula is C14H23BrClN3. The van der Waals surface area contributed by atoms with Crippen LogP contribution in [-0.2, 0) is 19.5 Å². The van der Waals surface area contributed by atoms with Gasteiger partial charge in [0.15, 0.2) is 0 Å². The Morgan fingerprint density at radius 3 is 2.74 bits per heavy atom. The second-order valence-corrected chi connectivity index (χ2v) is 6.44. The zero-order chi connectivity index (χ0) is 14.0. The van der Waals surface area contributed by atoms with Crippen LogP contribution in [0.4, 0.5) is 0 Å². The fourth-order valence-corrected chi connectivity index (χ4v) is 4.08. The Bertz CT molecular complexity index is 433. The van der Waals surface area contributed by atoms with Crippen molar-refractivity contribution in [1.82, 2.24) is 14.7 Å². The van der Waals surface area contributed by atoms with Crippen LogP contribution < -0.4 is 0 Å². The van der Waals surface area contributed by atoms with Crippen LogP contribution in [0.5, 0.6) is 0 Å². The molecular weight excluding hydrogens is 326 g/mol. The van der Waals surface area contributed by atoms with E-state index in [0.717, 1.165) is 37.6 Å². The molecule has 3 nitrogen and oxygen atoms in total. The van der Waals surface area contributed by atoms with Crippen molar-refractivity contribution >= 4 is 27.5 Å². The van der Waals surface area contributed by atoms with E-state index in [-0.39, 0.29) is 0 Å². The minimum atomic E-state index is 0.499. The summed E-state index contributed by atoms with van der Waals surface area (Å²) in [6.45, 7) is 9.61. The third-order valence-electron chi connectivity index (χ3n) is 4.20. The Balaban J connectivity index is 2.21. The van der Waals surface area contributed by atoms with Crippen LogP contribution >= 0.6 is 27.5 Å². The number of alkyl halides is 1. The van der Waals surface area contributed by atoms with Crippen molar-refractivity contribution in [2.75, 3.05) is 12.4 Å². The molecule has 0 aromatic carbocycles. The number of nitrogens with zero attached hydrogens (tertiary/aromatic N) is 3. The summed E-state index contributed by atoms with van der Waals surface area (Å²) in [6.07, 6.45) is 2.21. The number of likely N-dealkylation sites (tertiary alicyclic amines) is 1. The van der Waals surface area contributed by atoms with Crippen LogP contribution in [0.1, 0.15) is 38.6 Å². The van der Waals surface area contributed by atoms with Gasteiger partial charge in [0, 0.05) is 25.0 Å². The number of aryl methyl sites for hydroxylation is 2. The number of hydrogen-bond acceptors (Lipinski definition) is 2. The molecule has 5 heteroatoms. The molecule has 1 aliphatic rings. The van der Waals surface area contributed by atoms with Gasteiger partial charge in [-0.15, -0.1) is 11.6 Å². The molecule has 1 aromatic heterocycles. The highest BCUT2D eigenvalue weighted by atomic mass is 79.9. The van der Waals surface area contributed by atoms with Gasteiger partial charge in [-0.3, -0.25) is 9.58 Å². The van der Waals surface area contributed by atoms with E-state index in [1.807, 2.05) is 0 Å². The number of aromatic nitrogens is 2. The van der Waals surface area contributed by atoms with Gasteiger partial charge in [0.05, 0.1) is 15.9 Å². The quantitative estimate of drug-likeness (QED) is 0.757. The Hall–Kier alpha value is -0.0600. The predicted molar refractivity (Wildman–Crippen MR) is 83.7 cm³/mol. The highest BCUT2D eigenvalue weighted by Crippen LogP contribution is 2.30. The molecule has 2 unspecified atom stereocenters. The summed E-state index contributed by atoms with van der Waals surface area (Å²) in [5.74, 6) is 1.42. The normalized spacial score (nSPS) is 24.3. The Morgan fingerprint density at radius 2 is 2.16 bits per heavy atom. The molecule has 1 fully saturated rings. The van der Waals surface area contributed by atoms with E-state index in [9.17, 15) is 0 Å². The van der Waals surface area contributed by atoms with Crippen LogP contribution in [0.2, 0.25) is 0 Å². The summed E-state index contributed by atoms with van der Waals surface area (Å²) in [7, 11) is 0. The van der Waals surface area contributed by atoms with Gasteiger partial charge in [-0.05, 0) is 48.2 Å². The smallest absolute Gasteiger partial charge is 0.0767 e. The first-order valence-electron chi connectivity index (χ1n) is 7.16. The summed E-state index contributed by atoms with van der Waals surface area (Å²) < 4.78 is 3.31. The van der Waals surface area contributed by atoms with Gasteiger partial charge in [-0.25, -0.2) is 0 Å². The van der Waals surface area contributed by atoms with E-state index in [2.05, 4.69) is 51.4 Å². The third kappa shape index (κ3) is 3.01. The number of halogens is 2. The van der Waals surface area contributed by atoms with Gasteiger partial charge in [0.1, 0.15) is 0 Å². The standard InChI is InChI=1S/C14H23BrClN3/c1-4-11-14(15)13(19(5-2)17-11)9-18-7-6-10(3)12(18)8-16/h10,12H,4-9H2,1-3H3. The highest BCUT2D eigenvalue weighted by molar-refractivity contribution is 9.10. The molecule has 1 aliphatic heterocycles. The van der Waals surface area contributed by atoms with Crippen molar-refractivity contribution in [2.24, 2.45) is 5.92 Å². The number of rotatable bonds is 5. The first-order chi connectivity index (χ1) is 9.12. The molecule has 19 heavy (non-hydrogen) atoms. The lowest BCUT2D eigenvalue weighted by Crippen LogP contribution is -2.34. The van der Waals surface area contributed by atoms with Crippen molar-refractivity contribution in [3.8, 4) is 0 Å². The van der Waals surface area contributed by atoms with Crippen LogP contribution in [0.25, 0.3) is 0 Å². The topological polar surface area (TPSA) is 21.1 Å². The molecule has 2 heterocycles. The first kappa shape index (κ1) is 15.3. The maximum absolute atomic E-state index is 6.13. The number of hydrogen-bond donors (Lipinski definition) is 0. The minimum absolute atomic E-state index is 0.499. The van der Waals surface area contributed by atoms with Crippen molar-refractivity contribution in [3.05, 3.63) is 15.9 Å². The lowest BCUT2D eigenvalue weighted by molar-refractivity contribution is 0.234. The molecule has 0 radical (unpaired) electrons. The molecule has 108 valence electrons. The largest absolute Gasteiger partial charge is 0.293 e. The average molecular weight is 349 g/mol. The van der Waals surface area contributed by atoms with Crippen molar-refractivity contribution in [3.63, 3.8) is 0 Å². The van der Waals surface area contributed by atoms with Crippen LogP contribution in [-0.4, -0.2) is 33.1 Å². The monoisotopic (exact) mass is 347 g/mol. The van der Waals surface area contributed by atoms with Gasteiger partial charge in [0.2, 0.25) is 0 Å². The van der Waals surface area contributed by atoms with Crippen LogP contribution in [0.3, 0.4) is 0 Å². The summed E-state index contributed by atoms with van der Waals surface area (Å²) in [5.41, 5.74) is 2.45. The lowest BCUT2D eigenvalue weighted by atomic mass is 10.1. The van der Waals surface area contributed by atoms with E-state index in [1.165, 1.54) is 16.6 Å². The van der Waals surface area contributed by atoms with Crippen molar-refractivity contribution < 1.29 is 0 Å². The molecule has 0 N–H and O–H groups in total. The zero-order valence-electron chi connectivity index (χ0n) is 12.0. The van der Waals surface area contributed by atoms with Gasteiger partial charge in [-0.1, -0.05) is 13.8 Å². The maximum Gasteiger partial charge on any atom is 0.0767 e. The fraction of sp³-hybridized carbons (Fsp3) is 0.786. The molecule has 0 bridgehead atoms. The molecule has 2 atom stereocenters. The summed E-state index contributed by atoms with van der Waals surface area (Å²) in [5, 5.41) is 4.67. The van der Waals surface area contributed by atoms with Gasteiger partial charge < -0.3 is 0 Å². The third-order valence-corrected chi connectivity index (χ3v) is 5.43. The van der Waals surface area contributed by atoms with E-state index in [4.69, 9.17) is 11.6 Å². The SMILES string of the molecule is CCc1nn(CC)c(CN2CCC(C)C2CCl)c1Br. The predicted octanol–water partition coefficient (Wildman–Crippen LogP) is 3.68. The van der Waals surface area contributed by atoms with Gasteiger partial charge in [0.25, 0.3) is 0 Å². The average Bonchev–Trinajstić information content (AvgIpc) is 2.92. The Kier molecular flexibility index (Phi) is 5.32. The van der Waals surface area contributed by atoms with E-state index in [1.54, 1.807) is 0 Å². The second kappa shape index (κ2) is 6.59. The molecule has 0 aliphatic carbocycles. The summed E-state index contributed by atoms with van der Waals surface area (Å²) >= 11 is 9.86. The second-order valence-electron chi connectivity index (χ2n) is 5.33. The first-order valence-corrected chi connectivity index (χ1v) is 8.49. The fourth-order valence-electron chi connectivity index (χ4n) is 2.89. The summed E-state index contributed by atoms with van der Waals surface area (Å²) in [6, 6.07) is 0.499. The lowest BCUT2D eigenvalue weighted by Gasteiger charge is -2.25. The van der Waals surface area contributed by atoms with Gasteiger partial charge in [-0.2, -0.15) is 5.10 Å². The Labute approximate surface area is 129 Å². The molecule has 0 saturated carbocycles. The summed E-state index contributed by atoms with van der Waals surface area (Å²) in [4.78, 5) is 2.50. The molecule has 0 spiro atoms. The zero-order valence-corrected chi connectivity index (χ0v) is 14.3. The van der Waals surface area contributed by atoms with Crippen molar-refractivity contribution in [2.45, 2.75) is 52.7 Å². The Morgan fingerprint density at radius 1 is 1.42 bits per heavy atom. The van der Waals surface area contributed by atoms with E-state index in [0.29, 0.717) is 12.0 Å². The van der Waals surface area contributed by atoms with Gasteiger partial charge >= 0.3 is 0 Å². The van der Waals surface area contributed by atoms with E-state index >= 15 is 0 Å². The highest BCUT2D eigenvalue weighted by Gasteiger charge is 2.31. The molecule has 2 rings (SSSR count). The van der Waals surface area contributed by atoms with E-state index < -0.39 is 0 Å². The van der Waals surface area contributed by atoms with Crippen LogP contribution in [0.15, 0.2) is 4.47 Å². The molecule has 1 saturated heterocycles. The molecule has 1 aromatic rings. The minimum Gasteiger partial charge on any atom is -0.293 e. The maximum atomic E-state index is 6.13. The molecule has 0 amide bonds. The van der Waals surface area contributed by atoms with Crippen LogP contribution in [0, 0.1) is 5.92 Å². The van der Waals surface area contributed by atoms with Crippen molar-refractivity contribution in [1.29, 1.82) is 0 Å².